The number of quaternary nitrogens is 1. The molecule has 0 spiro atoms. The van der Waals surface area contributed by atoms with E-state index in [1.54, 1.807) is 0 Å². The van der Waals surface area contributed by atoms with Gasteiger partial charge in [-0.2, -0.15) is 0 Å². The molecular formula is C46H88NO8+. The van der Waals surface area contributed by atoms with Crippen LogP contribution in [0.25, 0.3) is 0 Å². The molecule has 9 heteroatoms. The van der Waals surface area contributed by atoms with E-state index in [2.05, 4.69) is 26.0 Å². The number of likely N-dealkylation sites (N-methyl/N-ethyl adjacent to an activating group) is 1. The first-order chi connectivity index (χ1) is 26.6. The lowest BCUT2D eigenvalue weighted by Gasteiger charge is -2.25. The summed E-state index contributed by atoms with van der Waals surface area (Å²) in [6.07, 6.45) is 37.0. The van der Waals surface area contributed by atoms with Crippen molar-refractivity contribution in [1.29, 1.82) is 0 Å². The fraction of sp³-hybridized carbons (Fsp3) is 0.891. The number of carboxylic acid groups (broad SMARTS) is 1. The number of allylic oxidation sites excluding steroid dienone is 2. The maximum absolute atomic E-state index is 12.7. The number of rotatable bonds is 42. The highest BCUT2D eigenvalue weighted by atomic mass is 16.7. The van der Waals surface area contributed by atoms with E-state index in [9.17, 15) is 19.5 Å². The summed E-state index contributed by atoms with van der Waals surface area (Å²) in [6.45, 7) is 4.86. The average Bonchev–Trinajstić information content (AvgIpc) is 3.14. The molecule has 0 aliphatic heterocycles. The van der Waals surface area contributed by atoms with Crippen molar-refractivity contribution in [3.8, 4) is 0 Å². The number of unbranched alkanes of at least 4 members (excludes halogenated alkanes) is 25. The maximum atomic E-state index is 12.7. The fourth-order valence-corrected chi connectivity index (χ4v) is 6.42. The Balaban J connectivity index is 4.36. The van der Waals surface area contributed by atoms with Crippen molar-refractivity contribution in [3.63, 3.8) is 0 Å². The number of carbonyl (C=O) groups is 3. The van der Waals surface area contributed by atoms with Crippen LogP contribution in [0.2, 0.25) is 0 Å². The third kappa shape index (κ3) is 40.0. The predicted octanol–water partition coefficient (Wildman–Crippen LogP) is 11.9. The predicted molar refractivity (Wildman–Crippen MR) is 226 cm³/mol. The van der Waals surface area contributed by atoms with Crippen LogP contribution in [-0.2, 0) is 33.3 Å². The van der Waals surface area contributed by atoms with Gasteiger partial charge in [-0.25, -0.2) is 4.79 Å². The lowest BCUT2D eigenvalue weighted by molar-refractivity contribution is -0.870. The van der Waals surface area contributed by atoms with Crippen LogP contribution in [0.5, 0.6) is 0 Å². The second-order valence-electron chi connectivity index (χ2n) is 16.7. The van der Waals surface area contributed by atoms with E-state index in [-0.39, 0.29) is 32.2 Å². The van der Waals surface area contributed by atoms with E-state index in [0.717, 1.165) is 51.4 Å². The monoisotopic (exact) mass is 783 g/mol. The number of carbonyl (C=O) groups excluding carboxylic acids is 2. The first-order valence-electron chi connectivity index (χ1n) is 22.9. The standard InChI is InChI=1S/C46H87NO8/c1-6-8-10-12-14-16-18-20-21-22-23-24-25-27-28-30-32-34-36-43(48)53-40-42(41-54-46(45(50)51)52-39-38-47(3,4)5)55-44(49)37-35-33-31-29-26-19-17-15-13-11-9-7-2/h15,17,42,46H,6-14,16,18-41H2,1-5H3/p+1/b17-15-. The third-order valence-electron chi connectivity index (χ3n) is 10.0. The van der Waals surface area contributed by atoms with Gasteiger partial charge in [-0.15, -0.1) is 0 Å². The molecule has 0 rings (SSSR count). The number of nitrogens with zero attached hydrogens (tertiary/aromatic N) is 1. The summed E-state index contributed by atoms with van der Waals surface area (Å²) >= 11 is 0. The van der Waals surface area contributed by atoms with Crippen LogP contribution in [-0.4, -0.2) is 87.4 Å². The Labute approximate surface area is 338 Å². The Kier molecular flexibility index (Phi) is 37.5. The molecule has 55 heavy (non-hydrogen) atoms. The largest absolute Gasteiger partial charge is 0.477 e. The minimum absolute atomic E-state index is 0.180. The molecule has 0 saturated heterocycles. The lowest BCUT2D eigenvalue weighted by atomic mass is 10.0. The molecule has 0 saturated carbocycles. The molecule has 9 nitrogen and oxygen atoms in total. The molecule has 1 N–H and O–H groups in total. The van der Waals surface area contributed by atoms with Crippen molar-refractivity contribution in [2.75, 3.05) is 47.5 Å². The first-order valence-corrected chi connectivity index (χ1v) is 22.9. The highest BCUT2D eigenvalue weighted by Crippen LogP contribution is 2.15. The number of carboxylic acids is 1. The molecule has 0 radical (unpaired) electrons. The molecule has 2 unspecified atom stereocenters. The van der Waals surface area contributed by atoms with Crippen molar-refractivity contribution in [3.05, 3.63) is 12.2 Å². The van der Waals surface area contributed by atoms with Gasteiger partial charge in [-0.1, -0.05) is 167 Å². The molecule has 0 fully saturated rings. The second kappa shape index (κ2) is 38.9. The summed E-state index contributed by atoms with van der Waals surface area (Å²) in [5.74, 6) is -2.01. The highest BCUT2D eigenvalue weighted by molar-refractivity contribution is 5.71. The minimum atomic E-state index is -1.51. The number of esters is 2. The van der Waals surface area contributed by atoms with Crippen molar-refractivity contribution >= 4 is 17.9 Å². The van der Waals surface area contributed by atoms with Crippen LogP contribution in [0.4, 0.5) is 0 Å². The van der Waals surface area contributed by atoms with Gasteiger partial charge in [-0.05, 0) is 38.5 Å². The topological polar surface area (TPSA) is 108 Å². The molecule has 0 aromatic heterocycles. The van der Waals surface area contributed by atoms with Crippen LogP contribution < -0.4 is 0 Å². The Morgan fingerprint density at radius 3 is 1.38 bits per heavy atom. The molecule has 0 aromatic carbocycles. The van der Waals surface area contributed by atoms with Crippen LogP contribution in [0, 0.1) is 0 Å². The molecule has 2 atom stereocenters. The molecule has 0 aliphatic rings. The number of hydrogen-bond donors (Lipinski definition) is 1. The minimum Gasteiger partial charge on any atom is -0.477 e. The Bertz CT molecular complexity index is 918. The van der Waals surface area contributed by atoms with Gasteiger partial charge in [-0.3, -0.25) is 9.59 Å². The summed E-state index contributed by atoms with van der Waals surface area (Å²) < 4.78 is 22.7. The summed E-state index contributed by atoms with van der Waals surface area (Å²) in [5.41, 5.74) is 0. The van der Waals surface area contributed by atoms with Crippen molar-refractivity contribution in [2.24, 2.45) is 0 Å². The molecular weight excluding hydrogens is 695 g/mol. The summed E-state index contributed by atoms with van der Waals surface area (Å²) in [4.78, 5) is 37.1. The van der Waals surface area contributed by atoms with Gasteiger partial charge >= 0.3 is 17.9 Å². The zero-order valence-electron chi connectivity index (χ0n) is 36.6. The van der Waals surface area contributed by atoms with Crippen LogP contribution in [0.15, 0.2) is 12.2 Å². The van der Waals surface area contributed by atoms with Gasteiger partial charge in [0.1, 0.15) is 13.2 Å². The quantitative estimate of drug-likeness (QED) is 0.0214. The van der Waals surface area contributed by atoms with Gasteiger partial charge in [0.2, 0.25) is 0 Å². The van der Waals surface area contributed by atoms with Crippen LogP contribution in [0.1, 0.15) is 206 Å². The smallest absolute Gasteiger partial charge is 0.361 e. The van der Waals surface area contributed by atoms with E-state index in [1.165, 1.54) is 122 Å². The van der Waals surface area contributed by atoms with Crippen molar-refractivity contribution in [2.45, 2.75) is 219 Å². The number of ether oxygens (including phenoxy) is 4. The number of hydrogen-bond acceptors (Lipinski definition) is 7. The van der Waals surface area contributed by atoms with Crippen molar-refractivity contribution < 1.29 is 42.9 Å². The Morgan fingerprint density at radius 1 is 0.527 bits per heavy atom. The summed E-state index contributed by atoms with van der Waals surface area (Å²) in [5, 5.41) is 9.62. The molecule has 0 bridgehead atoms. The Hall–Kier alpha value is -1.97. The van der Waals surface area contributed by atoms with Gasteiger partial charge in [0.25, 0.3) is 6.29 Å². The van der Waals surface area contributed by atoms with Gasteiger partial charge in [0.05, 0.1) is 34.4 Å². The molecule has 324 valence electrons. The normalized spacial score (nSPS) is 13.0. The van der Waals surface area contributed by atoms with E-state index >= 15 is 0 Å². The van der Waals surface area contributed by atoms with Gasteiger partial charge in [0, 0.05) is 12.8 Å². The zero-order valence-corrected chi connectivity index (χ0v) is 36.6. The second-order valence-corrected chi connectivity index (χ2v) is 16.7. The molecule has 0 aliphatic carbocycles. The van der Waals surface area contributed by atoms with E-state index < -0.39 is 24.3 Å². The van der Waals surface area contributed by atoms with Gasteiger partial charge < -0.3 is 28.5 Å². The summed E-state index contributed by atoms with van der Waals surface area (Å²) in [7, 11) is 5.95. The lowest BCUT2D eigenvalue weighted by Crippen LogP contribution is -2.40. The maximum Gasteiger partial charge on any atom is 0.361 e. The van der Waals surface area contributed by atoms with Crippen LogP contribution >= 0.6 is 0 Å². The summed E-state index contributed by atoms with van der Waals surface area (Å²) in [6, 6.07) is 0. The van der Waals surface area contributed by atoms with Crippen LogP contribution in [0.3, 0.4) is 0 Å². The number of aliphatic carboxylic acids is 1. The SMILES string of the molecule is CCCCC/C=C\CCCCCCCC(=O)OC(COC(=O)CCCCCCCCCCCCCCCCCCCC)COC(OCC[N+](C)(C)C)C(=O)O. The fourth-order valence-electron chi connectivity index (χ4n) is 6.42. The first kappa shape index (κ1) is 53.0. The molecule has 0 amide bonds. The Morgan fingerprint density at radius 2 is 0.927 bits per heavy atom. The highest BCUT2D eigenvalue weighted by Gasteiger charge is 2.25. The van der Waals surface area contributed by atoms with E-state index in [1.807, 2.05) is 21.1 Å². The zero-order chi connectivity index (χ0) is 40.7. The average molecular weight is 783 g/mol. The molecule has 0 aromatic rings. The third-order valence-corrected chi connectivity index (χ3v) is 10.0. The van der Waals surface area contributed by atoms with E-state index in [4.69, 9.17) is 18.9 Å². The van der Waals surface area contributed by atoms with Crippen molar-refractivity contribution in [1.82, 2.24) is 0 Å². The van der Waals surface area contributed by atoms with E-state index in [0.29, 0.717) is 23.9 Å². The van der Waals surface area contributed by atoms with Gasteiger partial charge in [0.15, 0.2) is 6.10 Å². The molecule has 0 heterocycles.